The molecule has 0 spiro atoms. The maximum atomic E-state index is 12.7. The zero-order chi connectivity index (χ0) is 9.84. The van der Waals surface area contributed by atoms with Crippen molar-refractivity contribution in [3.05, 3.63) is 42.0 Å². The third-order valence-electron chi connectivity index (χ3n) is 1.22. The lowest BCUT2D eigenvalue weighted by Gasteiger charge is -1.98. The van der Waals surface area contributed by atoms with Crippen LogP contribution >= 0.6 is 0 Å². The molecule has 0 aliphatic rings. The molecule has 0 unspecified atom stereocenters. The molecule has 3 nitrogen and oxygen atoms in total. The van der Waals surface area contributed by atoms with E-state index in [0.29, 0.717) is 6.61 Å². The van der Waals surface area contributed by atoms with E-state index in [9.17, 15) is 17.2 Å². The van der Waals surface area contributed by atoms with Gasteiger partial charge in [-0.2, -0.15) is 0 Å². The number of halogens is 2. The predicted octanol–water partition coefficient (Wildman–Crippen LogP) is 1.02. The molecular weight excluding hydrogens is 202 g/mol. The topological polar surface area (TPSA) is 43.4 Å². The standard InChI is InChI=1S/C7H5F2O3S/c8-6-1-2-7(9)5(3-6)4-12-13(10)11/h1-4,13H. The van der Waals surface area contributed by atoms with E-state index in [1.807, 2.05) is 0 Å². The Bertz CT molecular complexity index is 368. The summed E-state index contributed by atoms with van der Waals surface area (Å²) < 4.78 is 49.1. The molecule has 0 saturated heterocycles. The second kappa shape index (κ2) is 4.29. The average Bonchev–Trinajstić information content (AvgIpc) is 2.06. The van der Waals surface area contributed by atoms with Crippen molar-refractivity contribution in [2.24, 2.45) is 0 Å². The summed E-state index contributed by atoms with van der Waals surface area (Å²) in [5.74, 6) is -1.42. The lowest BCUT2D eigenvalue weighted by molar-refractivity contribution is 0.422. The molecule has 0 N–H and O–H groups in total. The monoisotopic (exact) mass is 207 g/mol. The van der Waals surface area contributed by atoms with E-state index in [4.69, 9.17) is 0 Å². The van der Waals surface area contributed by atoms with E-state index in [1.54, 1.807) is 0 Å². The minimum Gasteiger partial charge on any atom is -0.261 e. The summed E-state index contributed by atoms with van der Waals surface area (Å²) >= 11 is 0. The summed E-state index contributed by atoms with van der Waals surface area (Å²) in [6.07, 6.45) is 0. The minimum absolute atomic E-state index is 0.251. The molecule has 0 aliphatic heterocycles. The van der Waals surface area contributed by atoms with E-state index in [2.05, 4.69) is 4.18 Å². The fraction of sp³-hybridized carbons (Fsp3) is 0. The fourth-order valence-corrected chi connectivity index (χ4v) is 0.904. The largest absolute Gasteiger partial charge is 0.261 e. The number of rotatable bonds is 3. The Morgan fingerprint density at radius 1 is 1.31 bits per heavy atom. The Morgan fingerprint density at radius 3 is 2.62 bits per heavy atom. The van der Waals surface area contributed by atoms with Gasteiger partial charge in [0.15, 0.2) is 0 Å². The van der Waals surface area contributed by atoms with Crippen molar-refractivity contribution in [3.8, 4) is 0 Å². The first kappa shape index (κ1) is 10.1. The van der Waals surface area contributed by atoms with Gasteiger partial charge in [-0.1, -0.05) is 0 Å². The molecule has 0 amide bonds. The third-order valence-corrected chi connectivity index (χ3v) is 1.50. The van der Waals surface area contributed by atoms with Crippen LogP contribution in [0.4, 0.5) is 8.78 Å². The second-order valence-corrected chi connectivity index (χ2v) is 2.77. The number of hydrogen-bond donors (Lipinski definition) is 1. The zero-order valence-electron chi connectivity index (χ0n) is 6.24. The van der Waals surface area contributed by atoms with Gasteiger partial charge < -0.3 is 0 Å². The Balaban J connectivity index is 2.81. The van der Waals surface area contributed by atoms with Gasteiger partial charge in [-0.15, -0.1) is 0 Å². The molecule has 1 aromatic rings. The van der Waals surface area contributed by atoms with Gasteiger partial charge in [-0.25, -0.2) is 17.2 Å². The van der Waals surface area contributed by atoms with Crippen molar-refractivity contribution >= 4 is 11.0 Å². The van der Waals surface area contributed by atoms with Gasteiger partial charge in [0.25, 0.3) is 11.0 Å². The Hall–Kier alpha value is -1.01. The molecule has 13 heavy (non-hydrogen) atoms. The lowest BCUT2D eigenvalue weighted by atomic mass is 10.2. The maximum Gasteiger partial charge on any atom is 0.257 e. The van der Waals surface area contributed by atoms with Gasteiger partial charge in [-0.05, 0) is 18.2 Å². The van der Waals surface area contributed by atoms with Crippen LogP contribution < -0.4 is 0 Å². The van der Waals surface area contributed by atoms with Crippen LogP contribution in [-0.4, -0.2) is 8.42 Å². The van der Waals surface area contributed by atoms with Gasteiger partial charge in [0, 0.05) is 5.56 Å². The molecule has 0 atom stereocenters. The smallest absolute Gasteiger partial charge is 0.257 e. The highest BCUT2D eigenvalue weighted by Crippen LogP contribution is 2.11. The number of thiol groups is 1. The highest BCUT2D eigenvalue weighted by atomic mass is 32.2. The van der Waals surface area contributed by atoms with Crippen LogP contribution in [0, 0.1) is 18.2 Å². The summed E-state index contributed by atoms with van der Waals surface area (Å²) in [6, 6.07) is 2.63. The Labute approximate surface area is 75.1 Å². The van der Waals surface area contributed by atoms with Crippen molar-refractivity contribution < 1.29 is 21.4 Å². The van der Waals surface area contributed by atoms with Crippen LogP contribution in [0.1, 0.15) is 5.56 Å². The molecular formula is C7H5F2O3S. The van der Waals surface area contributed by atoms with Crippen molar-refractivity contribution in [2.45, 2.75) is 0 Å². The van der Waals surface area contributed by atoms with Crippen molar-refractivity contribution in [2.75, 3.05) is 0 Å². The SMILES string of the molecule is O=[SH](=O)O[CH]c1cc(F)ccc1F. The first-order chi connectivity index (χ1) is 6.09. The Morgan fingerprint density at radius 2 is 2.00 bits per heavy atom. The van der Waals surface area contributed by atoms with E-state index < -0.39 is 22.6 Å². The second-order valence-electron chi connectivity index (χ2n) is 2.11. The van der Waals surface area contributed by atoms with Gasteiger partial charge in [0.2, 0.25) is 0 Å². The van der Waals surface area contributed by atoms with Crippen LogP contribution in [0.5, 0.6) is 0 Å². The van der Waals surface area contributed by atoms with Crippen LogP contribution in [0.3, 0.4) is 0 Å². The van der Waals surface area contributed by atoms with Crippen LogP contribution in [-0.2, 0) is 15.2 Å². The van der Waals surface area contributed by atoms with E-state index in [0.717, 1.165) is 18.2 Å². The predicted molar refractivity (Wildman–Crippen MR) is 41.2 cm³/mol. The number of hydrogen-bond acceptors (Lipinski definition) is 3. The normalized spacial score (nSPS) is 10.7. The van der Waals surface area contributed by atoms with E-state index >= 15 is 0 Å². The van der Waals surface area contributed by atoms with Gasteiger partial charge in [0.1, 0.15) is 18.2 Å². The minimum atomic E-state index is -3.09. The summed E-state index contributed by atoms with van der Waals surface area (Å²) in [6.45, 7) is 0.629. The molecule has 71 valence electrons. The summed E-state index contributed by atoms with van der Waals surface area (Å²) in [5.41, 5.74) is -0.251. The molecule has 6 heteroatoms. The molecule has 0 aliphatic carbocycles. The van der Waals surface area contributed by atoms with Gasteiger partial charge >= 0.3 is 0 Å². The molecule has 1 rings (SSSR count). The molecule has 0 fully saturated rings. The van der Waals surface area contributed by atoms with Crippen LogP contribution in [0.15, 0.2) is 18.2 Å². The molecule has 1 radical (unpaired) electrons. The highest BCUT2D eigenvalue weighted by Gasteiger charge is 2.04. The van der Waals surface area contributed by atoms with Crippen molar-refractivity contribution in [3.63, 3.8) is 0 Å². The summed E-state index contributed by atoms with van der Waals surface area (Å²) in [7, 11) is -3.09. The molecule has 1 aromatic carbocycles. The van der Waals surface area contributed by atoms with E-state index in [1.165, 1.54) is 0 Å². The summed E-state index contributed by atoms with van der Waals surface area (Å²) in [5, 5.41) is 0. The molecule has 0 bridgehead atoms. The first-order valence-electron chi connectivity index (χ1n) is 3.19. The van der Waals surface area contributed by atoms with Crippen LogP contribution in [0.25, 0.3) is 0 Å². The van der Waals surface area contributed by atoms with Gasteiger partial charge in [0.05, 0.1) is 0 Å². The Kier molecular flexibility index (Phi) is 3.32. The van der Waals surface area contributed by atoms with Gasteiger partial charge in [-0.3, -0.25) is 4.18 Å². The highest BCUT2D eigenvalue weighted by molar-refractivity contribution is 7.67. The maximum absolute atomic E-state index is 12.7. The molecule has 0 heterocycles. The average molecular weight is 207 g/mol. The quantitative estimate of drug-likeness (QED) is 0.752. The molecule has 0 saturated carbocycles. The van der Waals surface area contributed by atoms with E-state index in [-0.39, 0.29) is 5.56 Å². The lowest BCUT2D eigenvalue weighted by Crippen LogP contribution is -1.93. The van der Waals surface area contributed by atoms with Crippen molar-refractivity contribution in [1.29, 1.82) is 0 Å². The van der Waals surface area contributed by atoms with Crippen molar-refractivity contribution in [1.82, 2.24) is 0 Å². The zero-order valence-corrected chi connectivity index (χ0v) is 7.13. The number of benzene rings is 1. The van der Waals surface area contributed by atoms with Crippen LogP contribution in [0.2, 0.25) is 0 Å². The third kappa shape index (κ3) is 3.08. The molecule has 0 aromatic heterocycles. The fourth-order valence-electron chi connectivity index (χ4n) is 0.705. The summed E-state index contributed by atoms with van der Waals surface area (Å²) in [4.78, 5) is 0. The first-order valence-corrected chi connectivity index (χ1v) is 4.28.